The predicted octanol–water partition coefficient (Wildman–Crippen LogP) is 3.54. The van der Waals surface area contributed by atoms with Crippen molar-refractivity contribution in [3.63, 3.8) is 0 Å². The lowest BCUT2D eigenvalue weighted by molar-refractivity contribution is 0.0530. The number of hydrogen-bond donors (Lipinski definition) is 0. The normalized spacial score (nSPS) is 21.4. The van der Waals surface area contributed by atoms with Crippen LogP contribution >= 0.6 is 11.6 Å². The Morgan fingerprint density at radius 1 is 1.10 bits per heavy atom. The highest BCUT2D eigenvalue weighted by Crippen LogP contribution is 2.31. The molecule has 158 valence electrons. The van der Waals surface area contributed by atoms with Crippen LogP contribution in [0.4, 0.5) is 5.82 Å². The van der Waals surface area contributed by atoms with Gasteiger partial charge in [0.15, 0.2) is 5.65 Å². The van der Waals surface area contributed by atoms with E-state index < -0.39 is 0 Å². The average molecular weight is 427 g/mol. The van der Waals surface area contributed by atoms with Gasteiger partial charge in [0.1, 0.15) is 5.82 Å². The molecule has 0 saturated carbocycles. The average Bonchev–Trinajstić information content (AvgIpc) is 3.18. The minimum atomic E-state index is 0.173. The number of ether oxygens (including phenoxy) is 1. The minimum absolute atomic E-state index is 0.173. The highest BCUT2D eigenvalue weighted by molar-refractivity contribution is 6.28. The molecular formula is C22H27ClN6O. The van der Waals surface area contributed by atoms with Crippen molar-refractivity contribution in [2.45, 2.75) is 38.5 Å². The third kappa shape index (κ3) is 4.02. The summed E-state index contributed by atoms with van der Waals surface area (Å²) in [6.45, 7) is 7.47. The predicted molar refractivity (Wildman–Crippen MR) is 118 cm³/mol. The van der Waals surface area contributed by atoms with Gasteiger partial charge in [0.25, 0.3) is 0 Å². The van der Waals surface area contributed by atoms with E-state index >= 15 is 0 Å². The van der Waals surface area contributed by atoms with Crippen LogP contribution in [0, 0.1) is 0 Å². The van der Waals surface area contributed by atoms with Gasteiger partial charge in [0, 0.05) is 32.7 Å². The van der Waals surface area contributed by atoms with E-state index in [9.17, 15) is 0 Å². The van der Waals surface area contributed by atoms with Gasteiger partial charge < -0.3 is 9.64 Å². The van der Waals surface area contributed by atoms with Crippen LogP contribution < -0.4 is 4.90 Å². The van der Waals surface area contributed by atoms with Gasteiger partial charge in [-0.3, -0.25) is 4.90 Å². The Balaban J connectivity index is 1.34. The van der Waals surface area contributed by atoms with E-state index in [0.29, 0.717) is 12.6 Å². The quantitative estimate of drug-likeness (QED) is 0.595. The van der Waals surface area contributed by atoms with Gasteiger partial charge in [0.05, 0.1) is 30.3 Å². The van der Waals surface area contributed by atoms with E-state index in [2.05, 4.69) is 61.7 Å². The standard InChI is InChI=1S/C22H27ClN6O/c1-16-14-28(11-12-30-16)20-19-13-24-29(21(19)26-22(23)25-20)18-7-9-27(10-8-18)15-17-5-3-2-4-6-17/h2-6,13,16,18H,7-12,14-15H2,1H3. The van der Waals surface area contributed by atoms with Crippen LogP contribution in [0.3, 0.4) is 0 Å². The van der Waals surface area contributed by atoms with Gasteiger partial charge in [-0.2, -0.15) is 15.1 Å². The van der Waals surface area contributed by atoms with Crippen LogP contribution in [0.25, 0.3) is 11.0 Å². The summed E-state index contributed by atoms with van der Waals surface area (Å²) in [6.07, 6.45) is 4.17. The third-order valence-corrected chi connectivity index (χ3v) is 6.27. The maximum absolute atomic E-state index is 6.33. The molecule has 2 aliphatic rings. The van der Waals surface area contributed by atoms with E-state index in [4.69, 9.17) is 21.4 Å². The molecule has 7 nitrogen and oxygen atoms in total. The highest BCUT2D eigenvalue weighted by Gasteiger charge is 2.26. The first-order valence-electron chi connectivity index (χ1n) is 10.7. The number of rotatable bonds is 4. The zero-order chi connectivity index (χ0) is 20.5. The maximum atomic E-state index is 6.33. The van der Waals surface area contributed by atoms with Crippen LogP contribution in [-0.2, 0) is 11.3 Å². The molecule has 5 rings (SSSR count). The fourth-order valence-corrected chi connectivity index (χ4v) is 4.73. The lowest BCUT2D eigenvalue weighted by Gasteiger charge is -2.33. The Morgan fingerprint density at radius 2 is 1.90 bits per heavy atom. The first-order chi connectivity index (χ1) is 14.7. The summed E-state index contributed by atoms with van der Waals surface area (Å²) < 4.78 is 7.75. The van der Waals surface area contributed by atoms with Gasteiger partial charge in [-0.05, 0) is 36.9 Å². The summed E-state index contributed by atoms with van der Waals surface area (Å²) in [6, 6.07) is 11.0. The molecule has 3 aromatic rings. The Morgan fingerprint density at radius 3 is 2.67 bits per heavy atom. The molecule has 1 unspecified atom stereocenters. The van der Waals surface area contributed by atoms with Gasteiger partial charge >= 0.3 is 0 Å². The van der Waals surface area contributed by atoms with Crippen LogP contribution in [0.5, 0.6) is 0 Å². The van der Waals surface area contributed by atoms with Crippen LogP contribution in [-0.4, -0.2) is 63.5 Å². The van der Waals surface area contributed by atoms with Gasteiger partial charge in [-0.1, -0.05) is 30.3 Å². The molecule has 2 aliphatic heterocycles. The minimum Gasteiger partial charge on any atom is -0.375 e. The molecule has 1 atom stereocenters. The Bertz CT molecular complexity index is 1000. The van der Waals surface area contributed by atoms with Gasteiger partial charge in [0.2, 0.25) is 5.28 Å². The van der Waals surface area contributed by atoms with E-state index in [1.165, 1.54) is 5.56 Å². The highest BCUT2D eigenvalue weighted by atomic mass is 35.5. The number of piperidine rings is 1. The summed E-state index contributed by atoms with van der Waals surface area (Å²) in [4.78, 5) is 13.8. The fourth-order valence-electron chi connectivity index (χ4n) is 4.57. The van der Waals surface area contributed by atoms with Gasteiger partial charge in [-0.15, -0.1) is 0 Å². The van der Waals surface area contributed by atoms with E-state index in [0.717, 1.165) is 62.4 Å². The largest absolute Gasteiger partial charge is 0.375 e. The molecule has 2 saturated heterocycles. The molecule has 30 heavy (non-hydrogen) atoms. The molecule has 0 N–H and O–H groups in total. The second-order valence-electron chi connectivity index (χ2n) is 8.26. The molecule has 0 aliphatic carbocycles. The topological polar surface area (TPSA) is 59.3 Å². The smallest absolute Gasteiger partial charge is 0.226 e. The first kappa shape index (κ1) is 19.7. The summed E-state index contributed by atoms with van der Waals surface area (Å²) in [5.41, 5.74) is 2.20. The number of aromatic nitrogens is 4. The van der Waals surface area contributed by atoms with E-state index in [-0.39, 0.29) is 11.4 Å². The van der Waals surface area contributed by atoms with E-state index in [1.54, 1.807) is 0 Å². The second-order valence-corrected chi connectivity index (χ2v) is 8.60. The summed E-state index contributed by atoms with van der Waals surface area (Å²) >= 11 is 6.33. The molecule has 8 heteroatoms. The van der Waals surface area contributed by atoms with Crippen molar-refractivity contribution in [3.8, 4) is 0 Å². The number of likely N-dealkylation sites (tertiary alicyclic amines) is 1. The first-order valence-corrected chi connectivity index (χ1v) is 11.1. The molecule has 0 spiro atoms. The van der Waals surface area contributed by atoms with Crippen molar-refractivity contribution in [2.24, 2.45) is 0 Å². The second kappa shape index (κ2) is 8.49. The number of benzene rings is 1. The van der Waals surface area contributed by atoms with Crippen LogP contribution in [0.1, 0.15) is 31.4 Å². The monoisotopic (exact) mass is 426 g/mol. The number of fused-ring (bicyclic) bond motifs is 1. The maximum Gasteiger partial charge on any atom is 0.226 e. The third-order valence-electron chi connectivity index (χ3n) is 6.10. The molecule has 1 aromatic carbocycles. The van der Waals surface area contributed by atoms with Crippen molar-refractivity contribution in [3.05, 3.63) is 47.4 Å². The van der Waals surface area contributed by atoms with Crippen molar-refractivity contribution >= 4 is 28.5 Å². The lowest BCUT2D eigenvalue weighted by atomic mass is 10.0. The summed E-state index contributed by atoms with van der Waals surface area (Å²) in [5, 5.41) is 5.97. The Hall–Kier alpha value is -2.22. The zero-order valence-corrected chi connectivity index (χ0v) is 18.0. The molecule has 2 aromatic heterocycles. The number of morpholine rings is 1. The number of anilines is 1. The zero-order valence-electron chi connectivity index (χ0n) is 17.2. The van der Waals surface area contributed by atoms with Crippen LogP contribution in [0.15, 0.2) is 36.5 Å². The van der Waals surface area contributed by atoms with Crippen molar-refractivity contribution < 1.29 is 4.74 Å². The van der Waals surface area contributed by atoms with E-state index in [1.807, 2.05) is 6.20 Å². The summed E-state index contributed by atoms with van der Waals surface area (Å²) in [7, 11) is 0. The van der Waals surface area contributed by atoms with Crippen molar-refractivity contribution in [2.75, 3.05) is 37.7 Å². The molecule has 0 amide bonds. The number of hydrogen-bond acceptors (Lipinski definition) is 6. The number of nitrogens with zero attached hydrogens (tertiary/aromatic N) is 6. The van der Waals surface area contributed by atoms with Gasteiger partial charge in [-0.25, -0.2) is 4.68 Å². The van der Waals surface area contributed by atoms with Crippen molar-refractivity contribution in [1.29, 1.82) is 0 Å². The van der Waals surface area contributed by atoms with Crippen molar-refractivity contribution in [1.82, 2.24) is 24.6 Å². The molecular weight excluding hydrogens is 400 g/mol. The Kier molecular flexibility index (Phi) is 5.58. The summed E-state index contributed by atoms with van der Waals surface area (Å²) in [5.74, 6) is 0.868. The Labute approximate surface area is 181 Å². The molecule has 0 radical (unpaired) electrons. The lowest BCUT2D eigenvalue weighted by Crippen LogP contribution is -2.41. The number of halogens is 1. The SMILES string of the molecule is CC1CN(c2nc(Cl)nc3c2cnn3C2CCN(Cc3ccccc3)CC2)CCO1. The molecule has 0 bridgehead atoms. The molecule has 4 heterocycles. The molecule has 2 fully saturated rings. The fraction of sp³-hybridized carbons (Fsp3) is 0.500. The van der Waals surface area contributed by atoms with Crippen LogP contribution in [0.2, 0.25) is 5.28 Å².